The zero-order valence-electron chi connectivity index (χ0n) is 13.1. The van der Waals surface area contributed by atoms with Crippen LogP contribution in [0, 0.1) is 0 Å². The molecule has 0 aliphatic carbocycles. The van der Waals surface area contributed by atoms with Crippen molar-refractivity contribution in [2.75, 3.05) is 11.5 Å². The van der Waals surface area contributed by atoms with E-state index in [1.165, 1.54) is 0 Å². The summed E-state index contributed by atoms with van der Waals surface area (Å²) >= 11 is 13.1. The Hall–Kier alpha value is -2.96. The summed E-state index contributed by atoms with van der Waals surface area (Å²) in [5.41, 5.74) is 13.9. The van der Waals surface area contributed by atoms with Crippen LogP contribution in [0.15, 0.2) is 46.4 Å². The SMILES string of the molecule is Nc1ccc2c(c1)Oc1c(Cl)c3c(c(Cl)c1=N2)Oc1cc(N)ccc1N=3. The number of ether oxygens (including phenoxy) is 2. The van der Waals surface area contributed by atoms with E-state index in [1.807, 2.05) is 0 Å². The molecule has 3 aromatic rings. The summed E-state index contributed by atoms with van der Waals surface area (Å²) < 4.78 is 11.8. The number of halogens is 2. The van der Waals surface area contributed by atoms with Gasteiger partial charge in [-0.2, -0.15) is 0 Å². The summed E-state index contributed by atoms with van der Waals surface area (Å²) in [5.74, 6) is 1.64. The number of nitrogens with two attached hydrogens (primary N) is 2. The molecular formula is C18H10Cl2N4O2. The van der Waals surface area contributed by atoms with Crippen molar-refractivity contribution in [3.63, 3.8) is 0 Å². The number of nitrogen functional groups attached to an aromatic ring is 2. The number of hydrogen-bond donors (Lipinski definition) is 2. The molecule has 2 aliphatic heterocycles. The van der Waals surface area contributed by atoms with Gasteiger partial charge in [-0.05, 0) is 24.3 Å². The molecule has 4 N–H and O–H groups in total. The smallest absolute Gasteiger partial charge is 0.175 e. The van der Waals surface area contributed by atoms with Crippen molar-refractivity contribution in [2.24, 2.45) is 9.98 Å². The van der Waals surface area contributed by atoms with Gasteiger partial charge in [-0.3, -0.25) is 0 Å². The van der Waals surface area contributed by atoms with E-state index in [9.17, 15) is 0 Å². The summed E-state index contributed by atoms with van der Waals surface area (Å²) in [6.45, 7) is 0. The van der Waals surface area contributed by atoms with E-state index in [0.717, 1.165) is 0 Å². The van der Waals surface area contributed by atoms with Crippen LogP contribution >= 0.6 is 23.2 Å². The van der Waals surface area contributed by atoms with E-state index in [4.69, 9.17) is 44.1 Å². The fraction of sp³-hybridized carbons (Fsp3) is 0. The minimum Gasteiger partial charge on any atom is -0.451 e. The Morgan fingerprint density at radius 1 is 0.692 bits per heavy atom. The van der Waals surface area contributed by atoms with Crippen molar-refractivity contribution in [3.05, 3.63) is 57.2 Å². The number of hydrogen-bond acceptors (Lipinski definition) is 6. The second-order valence-electron chi connectivity index (χ2n) is 5.87. The molecule has 0 saturated carbocycles. The van der Waals surface area contributed by atoms with E-state index >= 15 is 0 Å². The third kappa shape index (κ3) is 2.13. The molecule has 0 fully saturated rings. The van der Waals surface area contributed by atoms with Crippen molar-refractivity contribution >= 4 is 46.0 Å². The van der Waals surface area contributed by atoms with Gasteiger partial charge in [0.05, 0.1) is 0 Å². The van der Waals surface area contributed by atoms with Gasteiger partial charge >= 0.3 is 0 Å². The second-order valence-corrected chi connectivity index (χ2v) is 6.62. The van der Waals surface area contributed by atoms with Crippen molar-refractivity contribution in [1.82, 2.24) is 0 Å². The lowest BCUT2D eigenvalue weighted by atomic mass is 10.2. The zero-order chi connectivity index (χ0) is 18.0. The third-order valence-corrected chi connectivity index (χ3v) is 4.80. The molecule has 0 aromatic heterocycles. The van der Waals surface area contributed by atoms with E-state index in [1.54, 1.807) is 36.4 Å². The zero-order valence-corrected chi connectivity index (χ0v) is 14.6. The highest BCUT2D eigenvalue weighted by molar-refractivity contribution is 6.35. The van der Waals surface area contributed by atoms with Gasteiger partial charge in [-0.1, -0.05) is 23.2 Å². The van der Waals surface area contributed by atoms with Crippen LogP contribution in [0.5, 0.6) is 23.0 Å². The maximum atomic E-state index is 6.55. The van der Waals surface area contributed by atoms with Gasteiger partial charge in [0.2, 0.25) is 0 Å². The van der Waals surface area contributed by atoms with Gasteiger partial charge in [-0.25, -0.2) is 9.98 Å². The van der Waals surface area contributed by atoms with Crippen LogP contribution < -0.4 is 31.7 Å². The van der Waals surface area contributed by atoms with Crippen molar-refractivity contribution in [3.8, 4) is 23.0 Å². The van der Waals surface area contributed by atoms with Crippen LogP contribution in [-0.4, -0.2) is 0 Å². The lowest BCUT2D eigenvalue weighted by molar-refractivity contribution is 0.451. The summed E-state index contributed by atoms with van der Waals surface area (Å²) in [4.78, 5) is 9.10. The molecule has 2 heterocycles. The molecule has 0 spiro atoms. The maximum Gasteiger partial charge on any atom is 0.175 e. The van der Waals surface area contributed by atoms with Crippen LogP contribution in [0.1, 0.15) is 0 Å². The first-order valence-corrected chi connectivity index (χ1v) is 8.40. The molecule has 8 heteroatoms. The van der Waals surface area contributed by atoms with Crippen LogP contribution in [0.4, 0.5) is 22.7 Å². The van der Waals surface area contributed by atoms with Crippen LogP contribution in [0.2, 0.25) is 10.0 Å². The molecule has 128 valence electrons. The van der Waals surface area contributed by atoms with Gasteiger partial charge in [-0.15, -0.1) is 0 Å². The normalized spacial score (nSPS) is 13.0. The van der Waals surface area contributed by atoms with Crippen molar-refractivity contribution in [1.29, 1.82) is 0 Å². The fourth-order valence-corrected chi connectivity index (χ4v) is 3.39. The monoisotopic (exact) mass is 384 g/mol. The number of rotatable bonds is 0. The predicted octanol–water partition coefficient (Wildman–Crippen LogP) is 4.27. The van der Waals surface area contributed by atoms with Crippen LogP contribution in [0.3, 0.4) is 0 Å². The molecule has 0 amide bonds. The Morgan fingerprint density at radius 2 is 1.12 bits per heavy atom. The molecule has 0 bridgehead atoms. The Kier molecular flexibility index (Phi) is 3.10. The van der Waals surface area contributed by atoms with E-state index in [0.29, 0.717) is 56.5 Å². The molecule has 3 aromatic carbocycles. The summed E-state index contributed by atoms with van der Waals surface area (Å²) in [5, 5.41) is 1.29. The first-order valence-electron chi connectivity index (χ1n) is 7.64. The topological polar surface area (TPSA) is 95.2 Å². The number of anilines is 2. The number of fused-ring (bicyclic) bond motifs is 4. The van der Waals surface area contributed by atoms with Gasteiger partial charge < -0.3 is 20.9 Å². The van der Waals surface area contributed by atoms with Crippen molar-refractivity contribution < 1.29 is 9.47 Å². The van der Waals surface area contributed by atoms with E-state index in [-0.39, 0.29) is 10.0 Å². The molecule has 26 heavy (non-hydrogen) atoms. The quantitative estimate of drug-likeness (QED) is 0.389. The molecule has 2 aliphatic rings. The Bertz CT molecular complexity index is 1140. The van der Waals surface area contributed by atoms with Gasteiger partial charge in [0.15, 0.2) is 23.0 Å². The van der Waals surface area contributed by atoms with Gasteiger partial charge in [0.25, 0.3) is 0 Å². The fourth-order valence-electron chi connectivity index (χ4n) is 2.88. The summed E-state index contributed by atoms with van der Waals surface area (Å²) in [6.07, 6.45) is 0. The molecule has 0 saturated heterocycles. The highest BCUT2D eigenvalue weighted by Gasteiger charge is 2.27. The average Bonchev–Trinajstić information content (AvgIpc) is 2.63. The molecule has 0 unspecified atom stereocenters. The number of benzene rings is 3. The lowest BCUT2D eigenvalue weighted by Gasteiger charge is -2.21. The minimum absolute atomic E-state index is 0.263. The Balaban J connectivity index is 1.83. The second kappa shape index (κ2) is 5.27. The summed E-state index contributed by atoms with van der Waals surface area (Å²) in [6, 6.07) is 10.3. The summed E-state index contributed by atoms with van der Waals surface area (Å²) in [7, 11) is 0. The van der Waals surface area contributed by atoms with Crippen LogP contribution in [0.25, 0.3) is 0 Å². The maximum absolute atomic E-state index is 6.55. The predicted molar refractivity (Wildman–Crippen MR) is 100.0 cm³/mol. The number of nitrogens with zero attached hydrogens (tertiary/aromatic N) is 2. The van der Waals surface area contributed by atoms with E-state index < -0.39 is 0 Å². The van der Waals surface area contributed by atoms with Crippen molar-refractivity contribution in [2.45, 2.75) is 0 Å². The highest BCUT2D eigenvalue weighted by atomic mass is 35.5. The Morgan fingerprint density at radius 3 is 1.54 bits per heavy atom. The van der Waals surface area contributed by atoms with Gasteiger partial charge in [0, 0.05) is 23.5 Å². The largest absolute Gasteiger partial charge is 0.451 e. The molecule has 6 nitrogen and oxygen atoms in total. The lowest BCUT2D eigenvalue weighted by Crippen LogP contribution is -2.22. The molecule has 0 atom stereocenters. The first-order chi connectivity index (χ1) is 12.5. The third-order valence-electron chi connectivity index (χ3n) is 4.10. The van der Waals surface area contributed by atoms with Crippen LogP contribution in [-0.2, 0) is 0 Å². The Labute approximate surface area is 157 Å². The highest BCUT2D eigenvalue weighted by Crippen LogP contribution is 2.43. The van der Waals surface area contributed by atoms with E-state index in [2.05, 4.69) is 9.98 Å². The molecular weight excluding hydrogens is 375 g/mol. The average molecular weight is 385 g/mol. The van der Waals surface area contributed by atoms with Gasteiger partial charge in [0.1, 0.15) is 32.1 Å². The standard InChI is InChI=1S/C18H10Cl2N4O2/c19-13-15-17(25-11-5-7(21)1-3-9(11)23-15)14(20)16-18(13)26-12-6-8(22)2-4-10(12)24-16/h1-6H,21-22H2. The molecule has 5 rings (SSSR count). The first kappa shape index (κ1) is 15.3. The minimum atomic E-state index is 0.263. The molecule has 0 radical (unpaired) electrons.